The number of piperidine rings is 1. The van der Waals surface area contributed by atoms with Gasteiger partial charge in [0.25, 0.3) is 0 Å². The van der Waals surface area contributed by atoms with E-state index in [0.29, 0.717) is 38.0 Å². The first-order valence-electron chi connectivity index (χ1n) is 10.5. The van der Waals surface area contributed by atoms with Crippen molar-refractivity contribution in [3.63, 3.8) is 0 Å². The first kappa shape index (κ1) is 22.4. The number of hydrogen-bond acceptors (Lipinski definition) is 3. The Labute approximate surface area is 175 Å². The molecule has 3 atom stereocenters. The molecule has 3 rings (SSSR count). The minimum absolute atomic E-state index is 0.0411. The summed E-state index contributed by atoms with van der Waals surface area (Å²) < 4.78 is 42.3. The number of aryl methyl sites for hydroxylation is 1. The summed E-state index contributed by atoms with van der Waals surface area (Å²) in [5.74, 6) is -0.203. The predicted octanol–water partition coefficient (Wildman–Crippen LogP) is 3.94. The summed E-state index contributed by atoms with van der Waals surface area (Å²) in [4.78, 5) is 26.3. The molecule has 1 saturated heterocycles. The molecule has 0 spiro atoms. The summed E-state index contributed by atoms with van der Waals surface area (Å²) in [5, 5.41) is 2.80. The third-order valence-electron chi connectivity index (χ3n) is 6.51. The molecule has 0 bridgehead atoms. The fourth-order valence-corrected chi connectivity index (χ4v) is 4.49. The summed E-state index contributed by atoms with van der Waals surface area (Å²) in [6.45, 7) is 6.80. The topological polar surface area (TPSA) is 58.6 Å². The number of halogens is 3. The summed E-state index contributed by atoms with van der Waals surface area (Å²) in [5.41, 5.74) is 1.12. The molecule has 3 unspecified atom stereocenters. The molecular weight excluding hydrogens is 397 g/mol. The van der Waals surface area contributed by atoms with Crippen molar-refractivity contribution in [1.82, 2.24) is 10.2 Å². The minimum Gasteiger partial charge on any atom is -0.406 e. The zero-order valence-corrected chi connectivity index (χ0v) is 17.6. The maximum Gasteiger partial charge on any atom is 0.573 e. The molecule has 1 aliphatic carbocycles. The fraction of sp³-hybridized carbons (Fsp3) is 0.636. The quantitative estimate of drug-likeness (QED) is 0.719. The molecule has 1 N–H and O–H groups in total. The molecule has 1 aromatic rings. The van der Waals surface area contributed by atoms with Crippen molar-refractivity contribution < 1.29 is 27.5 Å². The molecule has 1 aromatic carbocycles. The Balaban J connectivity index is 1.66. The predicted molar refractivity (Wildman–Crippen MR) is 106 cm³/mol. The average Bonchev–Trinajstić information content (AvgIpc) is 3.43. The van der Waals surface area contributed by atoms with Crippen LogP contribution >= 0.6 is 0 Å². The molecule has 2 aliphatic rings. The van der Waals surface area contributed by atoms with Crippen LogP contribution in [0.4, 0.5) is 13.2 Å². The van der Waals surface area contributed by atoms with Crippen molar-refractivity contribution in [2.24, 2.45) is 11.8 Å². The van der Waals surface area contributed by atoms with Gasteiger partial charge in [0, 0.05) is 31.5 Å². The van der Waals surface area contributed by atoms with Crippen LogP contribution in [0.3, 0.4) is 0 Å². The van der Waals surface area contributed by atoms with Crippen molar-refractivity contribution >= 4 is 11.8 Å². The lowest BCUT2D eigenvalue weighted by Crippen LogP contribution is -2.46. The van der Waals surface area contributed by atoms with Crippen LogP contribution in [0.2, 0.25) is 0 Å². The molecular formula is C22H29F3N2O3. The normalized spacial score (nSPS) is 24.1. The lowest BCUT2D eigenvalue weighted by molar-refractivity contribution is -0.274. The van der Waals surface area contributed by atoms with Gasteiger partial charge in [0.2, 0.25) is 11.8 Å². The van der Waals surface area contributed by atoms with Crippen molar-refractivity contribution in [2.75, 3.05) is 19.6 Å². The molecule has 1 heterocycles. The van der Waals surface area contributed by atoms with Crippen LogP contribution in [-0.2, 0) is 15.0 Å². The van der Waals surface area contributed by atoms with Gasteiger partial charge in [-0.3, -0.25) is 9.59 Å². The van der Waals surface area contributed by atoms with Crippen molar-refractivity contribution in [1.29, 1.82) is 0 Å². The highest BCUT2D eigenvalue weighted by atomic mass is 19.4. The second-order valence-corrected chi connectivity index (χ2v) is 8.38. The van der Waals surface area contributed by atoms with Gasteiger partial charge in [-0.25, -0.2) is 0 Å². The summed E-state index contributed by atoms with van der Waals surface area (Å²) in [6.07, 6.45) is -2.12. The first-order chi connectivity index (χ1) is 14.1. The molecule has 8 heteroatoms. The number of carbonyl (C=O) groups is 2. The van der Waals surface area contributed by atoms with Crippen molar-refractivity contribution in [3.8, 4) is 5.75 Å². The van der Waals surface area contributed by atoms with E-state index >= 15 is 0 Å². The maximum absolute atomic E-state index is 12.9. The first-order valence-corrected chi connectivity index (χ1v) is 10.5. The van der Waals surface area contributed by atoms with E-state index in [4.69, 9.17) is 0 Å². The van der Waals surface area contributed by atoms with Crippen LogP contribution < -0.4 is 10.1 Å². The third kappa shape index (κ3) is 4.73. The van der Waals surface area contributed by atoms with Crippen LogP contribution in [0, 0.1) is 18.8 Å². The van der Waals surface area contributed by atoms with Gasteiger partial charge in [-0.2, -0.15) is 0 Å². The zero-order valence-electron chi connectivity index (χ0n) is 17.6. The Morgan fingerprint density at radius 2 is 2.07 bits per heavy atom. The number of likely N-dealkylation sites (tertiary alicyclic amines) is 1. The van der Waals surface area contributed by atoms with E-state index in [1.807, 2.05) is 17.9 Å². The lowest BCUT2D eigenvalue weighted by atomic mass is 9.86. The molecule has 30 heavy (non-hydrogen) atoms. The summed E-state index contributed by atoms with van der Waals surface area (Å²) >= 11 is 0. The van der Waals surface area contributed by atoms with E-state index < -0.39 is 6.36 Å². The second-order valence-electron chi connectivity index (χ2n) is 8.38. The van der Waals surface area contributed by atoms with Gasteiger partial charge in [-0.1, -0.05) is 26.0 Å². The van der Waals surface area contributed by atoms with Crippen LogP contribution in [-0.4, -0.2) is 42.7 Å². The number of hydrogen-bond donors (Lipinski definition) is 1. The van der Waals surface area contributed by atoms with Crippen LogP contribution in [0.5, 0.6) is 5.75 Å². The van der Waals surface area contributed by atoms with E-state index in [-0.39, 0.29) is 34.8 Å². The second kappa shape index (κ2) is 8.47. The largest absolute Gasteiger partial charge is 0.573 e. The number of fused-ring (bicyclic) bond motifs is 1. The highest BCUT2D eigenvalue weighted by Crippen LogP contribution is 2.59. The number of nitrogens with zero attached hydrogens (tertiary/aromatic N) is 1. The highest BCUT2D eigenvalue weighted by Gasteiger charge is 2.58. The molecule has 0 radical (unpaired) electrons. The third-order valence-corrected chi connectivity index (χ3v) is 6.51. The monoisotopic (exact) mass is 426 g/mol. The van der Waals surface area contributed by atoms with E-state index in [9.17, 15) is 22.8 Å². The van der Waals surface area contributed by atoms with Gasteiger partial charge in [-0.05, 0) is 49.3 Å². The number of ether oxygens (including phenoxy) is 1. The average molecular weight is 426 g/mol. The highest BCUT2D eigenvalue weighted by molar-refractivity contribution is 5.81. The van der Waals surface area contributed by atoms with Gasteiger partial charge in [0.05, 0.1) is 5.92 Å². The maximum atomic E-state index is 12.9. The number of nitrogens with one attached hydrogen (secondary N) is 1. The van der Waals surface area contributed by atoms with Crippen LogP contribution in [0.15, 0.2) is 18.2 Å². The summed E-state index contributed by atoms with van der Waals surface area (Å²) in [7, 11) is 0. The Hall–Kier alpha value is -2.25. The molecule has 0 aromatic heterocycles. The summed E-state index contributed by atoms with van der Waals surface area (Å²) in [6, 6.07) is 5.06. The van der Waals surface area contributed by atoms with Gasteiger partial charge in [0.15, 0.2) is 0 Å². The van der Waals surface area contributed by atoms with Gasteiger partial charge < -0.3 is 15.0 Å². The van der Waals surface area contributed by atoms with Gasteiger partial charge in [0.1, 0.15) is 5.75 Å². The van der Waals surface area contributed by atoms with Gasteiger partial charge in [-0.15, -0.1) is 13.2 Å². The SMILES string of the molecule is CCC(=O)NCC(CC)C(=O)N1CCC2(c3ccc(C)c(OC(F)(F)F)c3)CC2C1. The van der Waals surface area contributed by atoms with Crippen molar-refractivity contribution in [3.05, 3.63) is 29.3 Å². The minimum atomic E-state index is -4.72. The smallest absolute Gasteiger partial charge is 0.406 e. The molecule has 2 amide bonds. The van der Waals surface area contributed by atoms with E-state index in [2.05, 4.69) is 10.1 Å². The molecule has 1 saturated carbocycles. The van der Waals surface area contributed by atoms with Gasteiger partial charge >= 0.3 is 6.36 Å². The number of carbonyl (C=O) groups excluding carboxylic acids is 2. The lowest BCUT2D eigenvalue weighted by Gasteiger charge is -2.34. The number of rotatable bonds is 7. The Morgan fingerprint density at radius 1 is 1.33 bits per heavy atom. The van der Waals surface area contributed by atoms with Crippen LogP contribution in [0.25, 0.3) is 0 Å². The molecule has 2 fully saturated rings. The molecule has 166 valence electrons. The molecule has 5 nitrogen and oxygen atoms in total. The van der Waals surface area contributed by atoms with E-state index in [0.717, 1.165) is 18.4 Å². The number of benzene rings is 1. The standard InChI is InChI=1S/C22H29F3N2O3/c1-4-15(12-26-19(28)5-2)20(29)27-9-8-21(11-17(21)13-27)16-7-6-14(3)18(10-16)30-22(23,24)25/h6-7,10,15,17H,4-5,8-9,11-13H2,1-3H3,(H,26,28). The zero-order chi connectivity index (χ0) is 22.1. The Bertz CT molecular complexity index is 811. The molecule has 1 aliphatic heterocycles. The number of alkyl halides is 3. The Morgan fingerprint density at radius 3 is 2.67 bits per heavy atom. The Kier molecular flexibility index (Phi) is 6.34. The van der Waals surface area contributed by atoms with E-state index in [1.165, 1.54) is 6.07 Å². The fourth-order valence-electron chi connectivity index (χ4n) is 4.49. The van der Waals surface area contributed by atoms with Crippen molar-refractivity contribution in [2.45, 2.75) is 58.2 Å². The number of amides is 2. The van der Waals surface area contributed by atoms with Crippen LogP contribution in [0.1, 0.15) is 50.7 Å². The van der Waals surface area contributed by atoms with E-state index in [1.54, 1.807) is 19.9 Å².